The summed E-state index contributed by atoms with van der Waals surface area (Å²) in [5.41, 5.74) is 5.79. The van der Waals surface area contributed by atoms with E-state index in [1.165, 1.54) is 32.1 Å². The van der Waals surface area contributed by atoms with Crippen LogP contribution in [0.5, 0.6) is 0 Å². The number of hydrogen-bond acceptors (Lipinski definition) is 4. The molecule has 1 aromatic rings. The Kier molecular flexibility index (Phi) is 3.09. The van der Waals surface area contributed by atoms with Gasteiger partial charge >= 0.3 is 0 Å². The minimum absolute atomic E-state index is 0.0875. The quantitative estimate of drug-likeness (QED) is 0.917. The summed E-state index contributed by atoms with van der Waals surface area (Å²) in [6.45, 7) is 1.97. The Bertz CT molecular complexity index is 454. The molecule has 4 nitrogen and oxygen atoms in total. The molecule has 4 fully saturated rings. The Morgan fingerprint density at radius 1 is 1.15 bits per heavy atom. The molecule has 20 heavy (non-hydrogen) atoms. The summed E-state index contributed by atoms with van der Waals surface area (Å²) >= 11 is 0. The lowest BCUT2D eigenvalue weighted by atomic mass is 9.51. The summed E-state index contributed by atoms with van der Waals surface area (Å²) in [5, 5.41) is 4.18. The van der Waals surface area contributed by atoms with E-state index in [1.807, 2.05) is 6.92 Å². The second-order valence-electron chi connectivity index (χ2n) is 7.58. The van der Waals surface area contributed by atoms with Crippen LogP contribution >= 0.6 is 0 Å². The minimum atomic E-state index is 0.0875. The fraction of sp³-hybridized carbons (Fsp3) is 0.875. The highest BCUT2D eigenvalue weighted by atomic mass is 16.5. The molecule has 4 saturated carbocycles. The number of rotatable bonds is 4. The van der Waals surface area contributed by atoms with E-state index in [0.29, 0.717) is 12.3 Å². The fourth-order valence-electron chi connectivity index (χ4n) is 5.31. The second-order valence-corrected chi connectivity index (χ2v) is 7.58. The summed E-state index contributed by atoms with van der Waals surface area (Å²) in [7, 11) is 0. The molecule has 0 spiro atoms. The van der Waals surface area contributed by atoms with Crippen molar-refractivity contribution in [2.75, 3.05) is 0 Å². The van der Waals surface area contributed by atoms with Crippen LogP contribution in [0.3, 0.4) is 0 Å². The average Bonchev–Trinajstić information content (AvgIpc) is 2.79. The molecule has 110 valence electrons. The summed E-state index contributed by atoms with van der Waals surface area (Å²) in [5.74, 6) is 6.36. The van der Waals surface area contributed by atoms with Crippen molar-refractivity contribution in [2.45, 2.75) is 57.9 Å². The first-order chi connectivity index (χ1) is 9.67. The molecule has 4 aliphatic rings. The zero-order chi connectivity index (χ0) is 13.7. The SMILES string of the molecule is CC(N)Cc1nc(CC2C3CC4CC(C3)CC2C4)no1. The maximum absolute atomic E-state index is 5.79. The van der Waals surface area contributed by atoms with Crippen LogP contribution in [0.4, 0.5) is 0 Å². The number of aromatic nitrogens is 2. The van der Waals surface area contributed by atoms with Crippen molar-refractivity contribution in [3.8, 4) is 0 Å². The zero-order valence-electron chi connectivity index (χ0n) is 12.3. The molecule has 0 radical (unpaired) electrons. The van der Waals surface area contributed by atoms with Crippen LogP contribution in [0.15, 0.2) is 4.52 Å². The van der Waals surface area contributed by atoms with Gasteiger partial charge in [-0.05, 0) is 68.6 Å². The van der Waals surface area contributed by atoms with Crippen LogP contribution in [-0.2, 0) is 12.8 Å². The van der Waals surface area contributed by atoms with Crippen LogP contribution in [-0.4, -0.2) is 16.2 Å². The van der Waals surface area contributed by atoms with Crippen molar-refractivity contribution in [1.29, 1.82) is 0 Å². The Balaban J connectivity index is 1.45. The third kappa shape index (κ3) is 2.28. The smallest absolute Gasteiger partial charge is 0.228 e. The van der Waals surface area contributed by atoms with Gasteiger partial charge in [0, 0.05) is 18.9 Å². The van der Waals surface area contributed by atoms with Gasteiger partial charge < -0.3 is 10.3 Å². The Hall–Kier alpha value is -0.900. The van der Waals surface area contributed by atoms with E-state index in [9.17, 15) is 0 Å². The van der Waals surface area contributed by atoms with Gasteiger partial charge in [0.2, 0.25) is 5.89 Å². The predicted molar refractivity (Wildman–Crippen MR) is 75.9 cm³/mol. The zero-order valence-corrected chi connectivity index (χ0v) is 12.3. The highest BCUT2D eigenvalue weighted by molar-refractivity contribution is 5.01. The molecule has 0 amide bonds. The first-order valence-corrected chi connectivity index (χ1v) is 8.24. The van der Waals surface area contributed by atoms with E-state index in [4.69, 9.17) is 10.3 Å². The maximum Gasteiger partial charge on any atom is 0.228 e. The van der Waals surface area contributed by atoms with Crippen LogP contribution in [0.2, 0.25) is 0 Å². The molecule has 1 unspecified atom stereocenters. The van der Waals surface area contributed by atoms with Gasteiger partial charge in [0.1, 0.15) is 0 Å². The van der Waals surface area contributed by atoms with Crippen molar-refractivity contribution in [1.82, 2.24) is 10.1 Å². The third-order valence-corrected chi connectivity index (χ3v) is 5.85. The average molecular weight is 275 g/mol. The van der Waals surface area contributed by atoms with Crippen molar-refractivity contribution in [2.24, 2.45) is 35.3 Å². The van der Waals surface area contributed by atoms with Gasteiger partial charge in [-0.3, -0.25) is 0 Å². The van der Waals surface area contributed by atoms with Crippen molar-refractivity contribution >= 4 is 0 Å². The third-order valence-electron chi connectivity index (χ3n) is 5.85. The van der Waals surface area contributed by atoms with Crippen LogP contribution in [0, 0.1) is 29.6 Å². The van der Waals surface area contributed by atoms with Crippen molar-refractivity contribution in [3.63, 3.8) is 0 Å². The molecular formula is C16H25N3O. The van der Waals surface area contributed by atoms with Gasteiger partial charge in [-0.1, -0.05) is 5.16 Å². The highest BCUT2D eigenvalue weighted by Crippen LogP contribution is 2.57. The standard InChI is InChI=1S/C16H25N3O/c1-9(17)2-16-18-15(19-20-16)8-14-12-4-10-3-11(6-12)7-13(14)5-10/h9-14H,2-8,17H2,1H3. The maximum atomic E-state index is 5.79. The van der Waals surface area contributed by atoms with Crippen molar-refractivity contribution < 1.29 is 4.52 Å². The molecule has 4 heteroatoms. The lowest BCUT2D eigenvalue weighted by Crippen LogP contribution is -2.45. The lowest BCUT2D eigenvalue weighted by Gasteiger charge is -2.54. The van der Waals surface area contributed by atoms with Gasteiger partial charge in [-0.2, -0.15) is 4.98 Å². The van der Waals surface area contributed by atoms with Gasteiger partial charge in [0.15, 0.2) is 5.82 Å². The van der Waals surface area contributed by atoms with Gasteiger partial charge in [0.25, 0.3) is 0 Å². The topological polar surface area (TPSA) is 64.9 Å². The molecule has 5 rings (SSSR count). The predicted octanol–water partition coefficient (Wildman–Crippen LogP) is 2.57. The van der Waals surface area contributed by atoms with Gasteiger partial charge in [0.05, 0.1) is 0 Å². The number of nitrogens with zero attached hydrogens (tertiary/aromatic N) is 2. The van der Waals surface area contributed by atoms with E-state index in [2.05, 4.69) is 10.1 Å². The van der Waals surface area contributed by atoms with Crippen LogP contribution in [0.1, 0.15) is 50.7 Å². The second kappa shape index (κ2) is 4.83. The molecule has 1 atom stereocenters. The molecule has 0 aliphatic heterocycles. The normalized spacial score (nSPS) is 40.2. The largest absolute Gasteiger partial charge is 0.339 e. The van der Waals surface area contributed by atoms with E-state index >= 15 is 0 Å². The summed E-state index contributed by atoms with van der Waals surface area (Å²) < 4.78 is 5.33. The first-order valence-electron chi connectivity index (χ1n) is 8.24. The molecule has 1 aromatic heterocycles. The highest BCUT2D eigenvalue weighted by Gasteiger charge is 2.48. The van der Waals surface area contributed by atoms with Gasteiger partial charge in [-0.15, -0.1) is 0 Å². The lowest BCUT2D eigenvalue weighted by molar-refractivity contribution is -0.0368. The molecule has 4 bridgehead atoms. The van der Waals surface area contributed by atoms with E-state index in [0.717, 1.165) is 41.8 Å². The fourth-order valence-corrected chi connectivity index (χ4v) is 5.31. The van der Waals surface area contributed by atoms with Crippen molar-refractivity contribution in [3.05, 3.63) is 11.7 Å². The van der Waals surface area contributed by atoms with Crippen LogP contribution in [0.25, 0.3) is 0 Å². The Morgan fingerprint density at radius 2 is 1.80 bits per heavy atom. The molecule has 2 N–H and O–H groups in total. The monoisotopic (exact) mass is 275 g/mol. The Labute approximate surface area is 120 Å². The minimum Gasteiger partial charge on any atom is -0.339 e. The first kappa shape index (κ1) is 12.8. The molecular weight excluding hydrogens is 250 g/mol. The molecule has 4 aliphatic carbocycles. The summed E-state index contributed by atoms with van der Waals surface area (Å²) in [6, 6.07) is 0.0875. The number of nitrogens with two attached hydrogens (primary N) is 1. The number of hydrogen-bond donors (Lipinski definition) is 1. The summed E-state index contributed by atoms with van der Waals surface area (Å²) in [6.07, 6.45) is 9.07. The van der Waals surface area contributed by atoms with E-state index in [-0.39, 0.29) is 6.04 Å². The molecule has 0 aromatic carbocycles. The Morgan fingerprint density at radius 3 is 2.40 bits per heavy atom. The van der Waals surface area contributed by atoms with E-state index in [1.54, 1.807) is 0 Å². The van der Waals surface area contributed by atoms with E-state index < -0.39 is 0 Å². The van der Waals surface area contributed by atoms with Crippen LogP contribution < -0.4 is 5.73 Å². The summed E-state index contributed by atoms with van der Waals surface area (Å²) in [4.78, 5) is 4.54. The molecule has 1 heterocycles. The molecule has 0 saturated heterocycles. The van der Waals surface area contributed by atoms with Gasteiger partial charge in [-0.25, -0.2) is 0 Å².